The number of terminal acetylenes is 1. The van der Waals surface area contributed by atoms with Crippen molar-refractivity contribution in [1.29, 1.82) is 0 Å². The molecule has 102 valence electrons. The third-order valence-corrected chi connectivity index (χ3v) is 3.48. The molecule has 1 aromatic carbocycles. The van der Waals surface area contributed by atoms with Crippen molar-refractivity contribution in [3.63, 3.8) is 0 Å². The molecule has 1 aromatic rings. The van der Waals surface area contributed by atoms with E-state index in [0.717, 1.165) is 23.7 Å². The third-order valence-electron chi connectivity index (χ3n) is 3.48. The highest BCUT2D eigenvalue weighted by Crippen LogP contribution is 2.37. The molecule has 0 radical (unpaired) electrons. The van der Waals surface area contributed by atoms with E-state index in [-0.39, 0.29) is 0 Å². The summed E-state index contributed by atoms with van der Waals surface area (Å²) >= 11 is 0. The van der Waals surface area contributed by atoms with E-state index in [1.165, 1.54) is 12.8 Å². The van der Waals surface area contributed by atoms with Crippen molar-refractivity contribution in [2.75, 3.05) is 25.1 Å². The maximum absolute atomic E-state index is 10.0. The van der Waals surface area contributed by atoms with Crippen LogP contribution in [0.3, 0.4) is 0 Å². The van der Waals surface area contributed by atoms with Gasteiger partial charge in [-0.25, -0.2) is 0 Å². The summed E-state index contributed by atoms with van der Waals surface area (Å²) in [7, 11) is 1.62. The number of aliphatic hydroxyl groups is 1. The zero-order valence-corrected chi connectivity index (χ0v) is 11.6. The average molecular weight is 259 g/mol. The third kappa shape index (κ3) is 3.21. The maximum Gasteiger partial charge on any atom is 0.126 e. The van der Waals surface area contributed by atoms with Crippen LogP contribution in [0.15, 0.2) is 18.2 Å². The van der Waals surface area contributed by atoms with Gasteiger partial charge in [-0.05, 0) is 37.8 Å². The largest absolute Gasteiger partial charge is 0.496 e. The van der Waals surface area contributed by atoms with Crippen LogP contribution in [0.25, 0.3) is 0 Å². The Morgan fingerprint density at radius 2 is 2.26 bits per heavy atom. The van der Waals surface area contributed by atoms with Crippen LogP contribution in [0.5, 0.6) is 5.75 Å². The topological polar surface area (TPSA) is 32.7 Å². The molecular weight excluding hydrogens is 238 g/mol. The van der Waals surface area contributed by atoms with E-state index in [9.17, 15) is 5.11 Å². The number of hydrogen-bond donors (Lipinski definition) is 1. The first-order valence-corrected chi connectivity index (χ1v) is 6.70. The Balaban J connectivity index is 2.36. The molecule has 3 heteroatoms. The standard InChI is InChI=1S/C16H21NO2/c1-4-10-17(11-13-8-9-13)14-6-5-7-15(19-3)16(14)12(2)18/h1,5-7,12-13,18H,8-11H2,2-3H3. The van der Waals surface area contributed by atoms with Gasteiger partial charge in [0, 0.05) is 17.8 Å². The quantitative estimate of drug-likeness (QED) is 0.797. The van der Waals surface area contributed by atoms with Gasteiger partial charge in [0.25, 0.3) is 0 Å². The zero-order valence-electron chi connectivity index (χ0n) is 11.6. The Labute approximate surface area is 115 Å². The van der Waals surface area contributed by atoms with Crippen LogP contribution in [-0.4, -0.2) is 25.3 Å². The minimum absolute atomic E-state index is 0.559. The van der Waals surface area contributed by atoms with Crippen LogP contribution in [0, 0.1) is 18.3 Å². The van der Waals surface area contributed by atoms with Gasteiger partial charge in [-0.1, -0.05) is 12.0 Å². The first kappa shape index (κ1) is 13.8. The molecule has 1 N–H and O–H groups in total. The van der Waals surface area contributed by atoms with E-state index in [1.54, 1.807) is 14.0 Å². The maximum atomic E-state index is 10.0. The molecule has 0 amide bonds. The van der Waals surface area contributed by atoms with E-state index >= 15 is 0 Å². The number of rotatable bonds is 6. The normalized spacial score (nSPS) is 15.7. The number of ether oxygens (including phenoxy) is 1. The molecule has 19 heavy (non-hydrogen) atoms. The first-order valence-electron chi connectivity index (χ1n) is 6.70. The van der Waals surface area contributed by atoms with Gasteiger partial charge in [0.1, 0.15) is 5.75 Å². The molecule has 0 aromatic heterocycles. The highest BCUT2D eigenvalue weighted by atomic mass is 16.5. The smallest absolute Gasteiger partial charge is 0.126 e. The number of benzene rings is 1. The Morgan fingerprint density at radius 3 is 2.79 bits per heavy atom. The molecule has 0 bridgehead atoms. The summed E-state index contributed by atoms with van der Waals surface area (Å²) in [6.45, 7) is 3.27. The van der Waals surface area contributed by atoms with Crippen molar-refractivity contribution in [3.05, 3.63) is 23.8 Å². The Bertz CT molecular complexity index is 472. The summed E-state index contributed by atoms with van der Waals surface area (Å²) < 4.78 is 5.36. The molecule has 0 spiro atoms. The SMILES string of the molecule is C#CCN(CC1CC1)c1cccc(OC)c1C(C)O. The van der Waals surface area contributed by atoms with E-state index in [4.69, 9.17) is 11.2 Å². The predicted octanol–water partition coefficient (Wildman–Crippen LogP) is 2.60. The van der Waals surface area contributed by atoms with E-state index < -0.39 is 6.10 Å². The van der Waals surface area contributed by atoms with E-state index in [2.05, 4.69) is 10.8 Å². The summed E-state index contributed by atoms with van der Waals surface area (Å²) in [6.07, 6.45) is 7.44. The van der Waals surface area contributed by atoms with Crippen LogP contribution < -0.4 is 9.64 Å². The molecule has 1 aliphatic carbocycles. The van der Waals surface area contributed by atoms with Gasteiger partial charge >= 0.3 is 0 Å². The van der Waals surface area contributed by atoms with Crippen LogP contribution in [-0.2, 0) is 0 Å². The van der Waals surface area contributed by atoms with Gasteiger partial charge in [-0.3, -0.25) is 0 Å². The van der Waals surface area contributed by atoms with E-state index in [1.807, 2.05) is 18.2 Å². The predicted molar refractivity (Wildman–Crippen MR) is 77.4 cm³/mol. The van der Waals surface area contributed by atoms with Crippen LogP contribution in [0.2, 0.25) is 0 Å². The van der Waals surface area contributed by atoms with Crippen molar-refractivity contribution >= 4 is 5.69 Å². The lowest BCUT2D eigenvalue weighted by molar-refractivity contribution is 0.194. The van der Waals surface area contributed by atoms with Crippen molar-refractivity contribution < 1.29 is 9.84 Å². The fourth-order valence-corrected chi connectivity index (χ4v) is 2.38. The van der Waals surface area contributed by atoms with Crippen molar-refractivity contribution in [2.45, 2.75) is 25.9 Å². The van der Waals surface area contributed by atoms with Gasteiger partial charge in [-0.15, -0.1) is 6.42 Å². The average Bonchev–Trinajstić information content (AvgIpc) is 3.21. The molecule has 1 fully saturated rings. The minimum Gasteiger partial charge on any atom is -0.496 e. The van der Waals surface area contributed by atoms with E-state index in [0.29, 0.717) is 12.3 Å². The molecule has 1 saturated carbocycles. The lowest BCUT2D eigenvalue weighted by Gasteiger charge is -2.27. The number of anilines is 1. The van der Waals surface area contributed by atoms with Gasteiger partial charge < -0.3 is 14.7 Å². The second-order valence-corrected chi connectivity index (χ2v) is 5.10. The molecule has 1 aliphatic rings. The summed E-state index contributed by atoms with van der Waals surface area (Å²) in [5, 5.41) is 10.0. The summed E-state index contributed by atoms with van der Waals surface area (Å²) in [6, 6.07) is 5.82. The van der Waals surface area contributed by atoms with Crippen LogP contribution in [0.4, 0.5) is 5.69 Å². The monoisotopic (exact) mass is 259 g/mol. The van der Waals surface area contributed by atoms with Gasteiger partial charge in [0.15, 0.2) is 0 Å². The Morgan fingerprint density at radius 1 is 1.53 bits per heavy atom. The second kappa shape index (κ2) is 5.99. The van der Waals surface area contributed by atoms with Gasteiger partial charge in [-0.2, -0.15) is 0 Å². The second-order valence-electron chi connectivity index (χ2n) is 5.10. The first-order chi connectivity index (χ1) is 9.17. The van der Waals surface area contributed by atoms with Crippen molar-refractivity contribution in [1.82, 2.24) is 0 Å². The lowest BCUT2D eigenvalue weighted by atomic mass is 10.1. The fourth-order valence-electron chi connectivity index (χ4n) is 2.38. The summed E-state index contributed by atoms with van der Waals surface area (Å²) in [4.78, 5) is 2.17. The number of hydrogen-bond acceptors (Lipinski definition) is 3. The summed E-state index contributed by atoms with van der Waals surface area (Å²) in [5.41, 5.74) is 1.81. The number of nitrogens with zero attached hydrogens (tertiary/aromatic N) is 1. The fraction of sp³-hybridized carbons (Fsp3) is 0.500. The van der Waals surface area contributed by atoms with Gasteiger partial charge in [0.05, 0.1) is 19.8 Å². The molecule has 3 nitrogen and oxygen atoms in total. The molecule has 0 heterocycles. The highest BCUT2D eigenvalue weighted by molar-refractivity contribution is 5.61. The van der Waals surface area contributed by atoms with Crippen LogP contribution in [0.1, 0.15) is 31.4 Å². The number of methoxy groups -OCH3 is 1. The molecule has 0 saturated heterocycles. The summed E-state index contributed by atoms with van der Waals surface area (Å²) in [5.74, 6) is 4.16. The Hall–Kier alpha value is -1.66. The van der Waals surface area contributed by atoms with Crippen LogP contribution >= 0.6 is 0 Å². The van der Waals surface area contributed by atoms with Gasteiger partial charge in [0.2, 0.25) is 0 Å². The lowest BCUT2D eigenvalue weighted by Crippen LogP contribution is -2.27. The number of aliphatic hydroxyl groups excluding tert-OH is 1. The minimum atomic E-state index is -0.578. The molecule has 0 aliphatic heterocycles. The van der Waals surface area contributed by atoms with Crippen molar-refractivity contribution in [3.8, 4) is 18.1 Å². The molecule has 2 rings (SSSR count). The Kier molecular flexibility index (Phi) is 4.34. The molecule has 1 atom stereocenters. The molecular formula is C16H21NO2. The molecule has 1 unspecified atom stereocenters. The zero-order chi connectivity index (χ0) is 13.8. The highest BCUT2D eigenvalue weighted by Gasteiger charge is 2.26. The van der Waals surface area contributed by atoms with Crippen molar-refractivity contribution in [2.24, 2.45) is 5.92 Å².